The minimum absolute atomic E-state index is 0.0700. The molecule has 0 heterocycles. The van der Waals surface area contributed by atoms with Gasteiger partial charge in [-0.1, -0.05) is 174 Å². The normalized spacial score (nSPS) is 13.6. The van der Waals surface area contributed by atoms with Crippen LogP contribution in [0.2, 0.25) is 0 Å². The van der Waals surface area contributed by atoms with Crippen LogP contribution < -0.4 is 11.1 Å². The molecule has 0 fully saturated rings. The first-order valence-corrected chi connectivity index (χ1v) is 21.1. The number of phosphoric ester groups is 1. The number of phosphoric acid groups is 1. The van der Waals surface area contributed by atoms with Crippen LogP contribution in [-0.2, 0) is 23.1 Å². The minimum Gasteiger partial charge on any atom is -0.379 e. The summed E-state index contributed by atoms with van der Waals surface area (Å²) in [5.74, 6) is -0.0765. The summed E-state index contributed by atoms with van der Waals surface area (Å²) in [6.07, 6.45) is 35.1. The van der Waals surface area contributed by atoms with E-state index in [4.69, 9.17) is 19.5 Å². The van der Waals surface area contributed by atoms with E-state index in [1.54, 1.807) is 0 Å². The Balaban J connectivity index is 4.04. The van der Waals surface area contributed by atoms with Gasteiger partial charge in [0, 0.05) is 19.6 Å². The molecule has 0 rings (SSSR count). The fourth-order valence-corrected chi connectivity index (χ4v) is 6.53. The van der Waals surface area contributed by atoms with Gasteiger partial charge in [-0.25, -0.2) is 4.57 Å². The Hall–Kier alpha value is -0.500. The molecule has 0 spiro atoms. The fraction of sp³-hybridized carbons (Fsp3) is 0.973. The molecular formula is C37H77N2O6P. The topological polar surface area (TPSA) is 120 Å². The van der Waals surface area contributed by atoms with Crippen LogP contribution in [0.15, 0.2) is 0 Å². The van der Waals surface area contributed by atoms with Gasteiger partial charge in [0.15, 0.2) is 0 Å². The van der Waals surface area contributed by atoms with Crippen molar-refractivity contribution in [3.8, 4) is 0 Å². The van der Waals surface area contributed by atoms with Crippen molar-refractivity contribution in [1.29, 1.82) is 0 Å². The van der Waals surface area contributed by atoms with E-state index in [1.165, 1.54) is 141 Å². The lowest BCUT2D eigenvalue weighted by atomic mass is 10.0. The summed E-state index contributed by atoms with van der Waals surface area (Å²) >= 11 is 0. The average Bonchev–Trinajstić information content (AvgIpc) is 3.04. The summed E-state index contributed by atoms with van der Waals surface area (Å²) in [6.45, 7) is 5.26. The molecule has 46 heavy (non-hydrogen) atoms. The molecule has 0 aromatic carbocycles. The Kier molecular flexibility index (Phi) is 35.4. The number of ether oxygens (including phenoxy) is 1. The van der Waals surface area contributed by atoms with E-state index in [0.717, 1.165) is 32.1 Å². The van der Waals surface area contributed by atoms with E-state index in [0.29, 0.717) is 13.0 Å². The van der Waals surface area contributed by atoms with Gasteiger partial charge in [-0.3, -0.25) is 13.8 Å². The number of hydrogen-bond donors (Lipinski definition) is 3. The molecule has 0 aromatic heterocycles. The first kappa shape index (κ1) is 45.5. The van der Waals surface area contributed by atoms with Gasteiger partial charge in [0.05, 0.1) is 25.9 Å². The summed E-state index contributed by atoms with van der Waals surface area (Å²) in [5, 5.41) is 2.94. The molecule has 9 heteroatoms. The Morgan fingerprint density at radius 1 is 0.587 bits per heavy atom. The summed E-state index contributed by atoms with van der Waals surface area (Å²) in [7, 11) is -4.22. The predicted molar refractivity (Wildman–Crippen MR) is 194 cm³/mol. The third-order valence-electron chi connectivity index (χ3n) is 8.64. The zero-order chi connectivity index (χ0) is 33.8. The monoisotopic (exact) mass is 677 g/mol. The van der Waals surface area contributed by atoms with Crippen LogP contribution in [0.4, 0.5) is 0 Å². The number of hydrogen-bond acceptors (Lipinski definition) is 6. The van der Waals surface area contributed by atoms with E-state index in [9.17, 15) is 14.3 Å². The van der Waals surface area contributed by atoms with Gasteiger partial charge in [0.25, 0.3) is 0 Å². The maximum atomic E-state index is 12.6. The van der Waals surface area contributed by atoms with E-state index in [2.05, 4.69) is 19.2 Å². The fourth-order valence-electron chi connectivity index (χ4n) is 5.75. The first-order chi connectivity index (χ1) is 22.4. The molecule has 0 aliphatic rings. The molecule has 8 nitrogen and oxygen atoms in total. The molecule has 2 atom stereocenters. The Morgan fingerprint density at radius 3 is 1.39 bits per heavy atom. The molecule has 1 unspecified atom stereocenters. The SMILES string of the molecule is CCCCCCCCCCCCCCCCOC[C@H](COP(=O)(O)OCCN)NC(=O)CCCCCCCCCCCCCCC. The number of nitrogens with one attached hydrogen (secondary N) is 1. The standard InChI is InChI=1S/C37H77N2O6P/c1-3-5-7-9-11-13-15-17-19-21-23-25-27-29-32-43-34-36(35-45-46(41,42)44-33-31-38)39-37(40)30-28-26-24-22-20-18-16-14-12-10-8-6-4-2/h36H,3-35,38H2,1-2H3,(H,39,40)(H,41,42)/t36-/m1/s1. The lowest BCUT2D eigenvalue weighted by molar-refractivity contribution is -0.122. The smallest absolute Gasteiger partial charge is 0.379 e. The second-order valence-electron chi connectivity index (χ2n) is 13.3. The maximum absolute atomic E-state index is 12.6. The third kappa shape index (κ3) is 34.8. The van der Waals surface area contributed by atoms with E-state index < -0.39 is 13.9 Å². The molecule has 0 saturated heterocycles. The molecule has 4 N–H and O–H groups in total. The lowest BCUT2D eigenvalue weighted by Crippen LogP contribution is -2.41. The number of rotatable bonds is 38. The number of carbonyl (C=O) groups is 1. The second kappa shape index (κ2) is 35.8. The van der Waals surface area contributed by atoms with Crippen molar-refractivity contribution in [3.05, 3.63) is 0 Å². The van der Waals surface area contributed by atoms with Gasteiger partial charge in [0.2, 0.25) is 5.91 Å². The first-order valence-electron chi connectivity index (χ1n) is 19.6. The molecule has 0 aliphatic heterocycles. The highest BCUT2D eigenvalue weighted by Gasteiger charge is 2.24. The summed E-state index contributed by atoms with van der Waals surface area (Å²) in [5.41, 5.74) is 5.36. The highest BCUT2D eigenvalue weighted by Crippen LogP contribution is 2.42. The van der Waals surface area contributed by atoms with E-state index in [1.807, 2.05) is 0 Å². The third-order valence-corrected chi connectivity index (χ3v) is 9.63. The van der Waals surface area contributed by atoms with Crippen molar-refractivity contribution in [2.24, 2.45) is 5.73 Å². The molecule has 1 amide bonds. The van der Waals surface area contributed by atoms with Crippen molar-refractivity contribution in [1.82, 2.24) is 5.32 Å². The molecule has 0 bridgehead atoms. The Bertz CT molecular complexity index is 684. The van der Waals surface area contributed by atoms with Crippen molar-refractivity contribution in [2.75, 3.05) is 33.0 Å². The Labute approximate surface area is 285 Å². The number of nitrogens with two attached hydrogens (primary N) is 1. The number of unbranched alkanes of at least 4 members (excludes halogenated alkanes) is 25. The van der Waals surface area contributed by atoms with Crippen molar-refractivity contribution in [3.63, 3.8) is 0 Å². The van der Waals surface area contributed by atoms with E-state index in [-0.39, 0.29) is 32.3 Å². The maximum Gasteiger partial charge on any atom is 0.472 e. The molecule has 0 aliphatic carbocycles. The second-order valence-corrected chi connectivity index (χ2v) is 14.8. The highest BCUT2D eigenvalue weighted by molar-refractivity contribution is 7.47. The number of carbonyl (C=O) groups excluding carboxylic acids is 1. The highest BCUT2D eigenvalue weighted by atomic mass is 31.2. The number of amides is 1. The molecule has 0 saturated carbocycles. The van der Waals surface area contributed by atoms with Gasteiger partial charge >= 0.3 is 7.82 Å². The van der Waals surface area contributed by atoms with Crippen LogP contribution in [-0.4, -0.2) is 49.8 Å². The summed E-state index contributed by atoms with van der Waals surface area (Å²) < 4.78 is 27.9. The van der Waals surface area contributed by atoms with Crippen LogP contribution in [0, 0.1) is 0 Å². The predicted octanol–water partition coefficient (Wildman–Crippen LogP) is 10.5. The summed E-state index contributed by atoms with van der Waals surface area (Å²) in [6, 6.07) is -0.511. The molecular weight excluding hydrogens is 599 g/mol. The van der Waals surface area contributed by atoms with Crippen LogP contribution in [0.3, 0.4) is 0 Å². The van der Waals surface area contributed by atoms with Gasteiger partial charge in [-0.2, -0.15) is 0 Å². The summed E-state index contributed by atoms with van der Waals surface area (Å²) in [4.78, 5) is 22.5. The zero-order valence-corrected chi connectivity index (χ0v) is 31.3. The zero-order valence-electron chi connectivity index (χ0n) is 30.4. The largest absolute Gasteiger partial charge is 0.472 e. The Morgan fingerprint density at radius 2 is 0.978 bits per heavy atom. The van der Waals surface area contributed by atoms with Crippen molar-refractivity contribution >= 4 is 13.7 Å². The van der Waals surface area contributed by atoms with Gasteiger partial charge < -0.3 is 20.7 Å². The van der Waals surface area contributed by atoms with Crippen LogP contribution in [0.1, 0.15) is 194 Å². The molecule has 0 aromatic rings. The van der Waals surface area contributed by atoms with Gasteiger partial charge in [-0.15, -0.1) is 0 Å². The molecule has 0 radical (unpaired) electrons. The average molecular weight is 677 g/mol. The van der Waals surface area contributed by atoms with Crippen molar-refractivity contribution < 1.29 is 28.0 Å². The van der Waals surface area contributed by atoms with Gasteiger partial charge in [0.1, 0.15) is 0 Å². The van der Waals surface area contributed by atoms with Crippen molar-refractivity contribution in [2.45, 2.75) is 200 Å². The molecule has 276 valence electrons. The lowest BCUT2D eigenvalue weighted by Gasteiger charge is -2.20. The van der Waals surface area contributed by atoms with Crippen LogP contribution >= 0.6 is 7.82 Å². The van der Waals surface area contributed by atoms with Crippen LogP contribution in [0.5, 0.6) is 0 Å². The minimum atomic E-state index is -4.22. The van der Waals surface area contributed by atoms with E-state index >= 15 is 0 Å². The van der Waals surface area contributed by atoms with Crippen LogP contribution in [0.25, 0.3) is 0 Å². The van der Waals surface area contributed by atoms with Gasteiger partial charge in [-0.05, 0) is 12.8 Å². The quantitative estimate of drug-likeness (QED) is 0.0440.